The zero-order valence-electron chi connectivity index (χ0n) is 10.5. The highest BCUT2D eigenvalue weighted by molar-refractivity contribution is 5.93. The predicted molar refractivity (Wildman–Crippen MR) is 71.2 cm³/mol. The fourth-order valence-corrected chi connectivity index (χ4v) is 1.37. The third kappa shape index (κ3) is 5.14. The first-order valence-corrected chi connectivity index (χ1v) is 5.66. The first kappa shape index (κ1) is 16.4. The molecule has 2 amide bonds. The molecular formula is C12H18ClN3O2. The average molecular weight is 272 g/mol. The molecule has 0 fully saturated rings. The van der Waals surface area contributed by atoms with Crippen molar-refractivity contribution in [2.45, 2.75) is 26.7 Å². The lowest BCUT2D eigenvalue weighted by Crippen LogP contribution is -2.44. The second-order valence-corrected chi connectivity index (χ2v) is 3.85. The lowest BCUT2D eigenvalue weighted by Gasteiger charge is -2.11. The van der Waals surface area contributed by atoms with Crippen molar-refractivity contribution in [2.75, 3.05) is 0 Å². The largest absolute Gasteiger partial charge is 0.288 e. The van der Waals surface area contributed by atoms with Crippen LogP contribution in [-0.2, 0) is 4.79 Å². The van der Waals surface area contributed by atoms with Gasteiger partial charge in [-0.3, -0.25) is 25.4 Å². The van der Waals surface area contributed by atoms with Crippen LogP contribution in [0, 0.1) is 5.92 Å². The Bertz CT molecular complexity index is 384. The molecule has 2 N–H and O–H groups in total. The highest BCUT2D eigenvalue weighted by Gasteiger charge is 2.13. The summed E-state index contributed by atoms with van der Waals surface area (Å²) in [5.41, 5.74) is 5.00. The zero-order chi connectivity index (χ0) is 12.7. The quantitative estimate of drug-likeness (QED) is 0.819. The van der Waals surface area contributed by atoms with E-state index in [0.717, 1.165) is 12.8 Å². The van der Waals surface area contributed by atoms with Crippen LogP contribution < -0.4 is 10.9 Å². The molecule has 0 saturated heterocycles. The van der Waals surface area contributed by atoms with E-state index in [1.807, 2.05) is 13.8 Å². The van der Waals surface area contributed by atoms with E-state index in [1.165, 1.54) is 6.20 Å². The topological polar surface area (TPSA) is 71.1 Å². The Morgan fingerprint density at radius 1 is 1.33 bits per heavy atom. The van der Waals surface area contributed by atoms with Gasteiger partial charge < -0.3 is 0 Å². The van der Waals surface area contributed by atoms with Gasteiger partial charge in [0.15, 0.2) is 0 Å². The number of hydrogen-bond acceptors (Lipinski definition) is 3. The second-order valence-electron chi connectivity index (χ2n) is 3.85. The van der Waals surface area contributed by atoms with E-state index in [2.05, 4.69) is 15.8 Å². The number of carbonyl (C=O) groups is 2. The number of rotatable bonds is 4. The number of amides is 2. The maximum absolute atomic E-state index is 11.5. The first-order chi connectivity index (χ1) is 8.15. The lowest BCUT2D eigenvalue weighted by atomic mass is 10.1. The van der Waals surface area contributed by atoms with Gasteiger partial charge in [-0.15, -0.1) is 12.4 Å². The van der Waals surface area contributed by atoms with Crippen molar-refractivity contribution in [3.05, 3.63) is 30.1 Å². The Morgan fingerprint density at radius 2 is 2.06 bits per heavy atom. The Labute approximate surface area is 113 Å². The molecule has 1 rings (SSSR count). The molecule has 0 bridgehead atoms. The minimum atomic E-state index is -0.414. The van der Waals surface area contributed by atoms with Gasteiger partial charge in [-0.05, 0) is 18.6 Å². The Kier molecular flexibility index (Phi) is 7.71. The lowest BCUT2D eigenvalue weighted by molar-refractivity contribution is -0.125. The average Bonchev–Trinajstić information content (AvgIpc) is 2.36. The number of pyridine rings is 1. The summed E-state index contributed by atoms with van der Waals surface area (Å²) in [5, 5.41) is 0. The fourth-order valence-electron chi connectivity index (χ4n) is 1.37. The number of carbonyl (C=O) groups excluding carboxylic acids is 2. The van der Waals surface area contributed by atoms with Crippen LogP contribution in [0.3, 0.4) is 0 Å². The summed E-state index contributed by atoms with van der Waals surface area (Å²) in [5.74, 6) is -0.706. The van der Waals surface area contributed by atoms with Crippen molar-refractivity contribution in [1.82, 2.24) is 15.8 Å². The van der Waals surface area contributed by atoms with Gasteiger partial charge in [0.2, 0.25) is 5.91 Å². The predicted octanol–water partition coefficient (Wildman–Crippen LogP) is 1.70. The van der Waals surface area contributed by atoms with Crippen LogP contribution in [0.5, 0.6) is 0 Å². The third-order valence-corrected chi connectivity index (χ3v) is 2.37. The van der Waals surface area contributed by atoms with Gasteiger partial charge in [-0.25, -0.2) is 0 Å². The molecule has 6 heteroatoms. The van der Waals surface area contributed by atoms with E-state index in [0.29, 0.717) is 0 Å². The van der Waals surface area contributed by atoms with Crippen molar-refractivity contribution < 1.29 is 9.59 Å². The number of halogens is 1. The molecule has 100 valence electrons. The van der Waals surface area contributed by atoms with Crippen molar-refractivity contribution in [3.8, 4) is 0 Å². The van der Waals surface area contributed by atoms with Crippen LogP contribution in [0.15, 0.2) is 24.4 Å². The van der Waals surface area contributed by atoms with Gasteiger partial charge in [0.1, 0.15) is 5.69 Å². The molecule has 0 aliphatic heterocycles. The number of hydrogen-bond donors (Lipinski definition) is 2. The normalized spacial score (nSPS) is 11.0. The van der Waals surface area contributed by atoms with Crippen molar-refractivity contribution >= 4 is 24.2 Å². The van der Waals surface area contributed by atoms with Crippen molar-refractivity contribution in [3.63, 3.8) is 0 Å². The molecule has 0 aliphatic carbocycles. The molecule has 1 unspecified atom stereocenters. The maximum Gasteiger partial charge on any atom is 0.288 e. The molecule has 0 radical (unpaired) electrons. The number of nitrogens with one attached hydrogen (secondary N) is 2. The number of nitrogens with zero attached hydrogens (tertiary/aromatic N) is 1. The second kappa shape index (κ2) is 8.47. The smallest absolute Gasteiger partial charge is 0.273 e. The summed E-state index contributed by atoms with van der Waals surface area (Å²) >= 11 is 0. The van der Waals surface area contributed by atoms with E-state index in [9.17, 15) is 9.59 Å². The van der Waals surface area contributed by atoms with E-state index >= 15 is 0 Å². The molecular weight excluding hydrogens is 254 g/mol. The van der Waals surface area contributed by atoms with E-state index in [1.54, 1.807) is 18.2 Å². The summed E-state index contributed by atoms with van der Waals surface area (Å²) in [6, 6.07) is 5.01. The highest BCUT2D eigenvalue weighted by atomic mass is 35.5. The summed E-state index contributed by atoms with van der Waals surface area (Å²) in [4.78, 5) is 26.9. The molecule has 1 aromatic rings. The van der Waals surface area contributed by atoms with Crippen LogP contribution in [0.4, 0.5) is 0 Å². The molecule has 0 aromatic carbocycles. The summed E-state index contributed by atoms with van der Waals surface area (Å²) < 4.78 is 0. The Hall–Kier alpha value is -1.62. The minimum Gasteiger partial charge on any atom is -0.273 e. The van der Waals surface area contributed by atoms with Crippen LogP contribution >= 0.6 is 12.4 Å². The van der Waals surface area contributed by atoms with Gasteiger partial charge in [-0.2, -0.15) is 0 Å². The summed E-state index contributed by atoms with van der Waals surface area (Å²) in [6.45, 7) is 3.84. The minimum absolute atomic E-state index is 0. The van der Waals surface area contributed by atoms with Crippen LogP contribution in [-0.4, -0.2) is 16.8 Å². The van der Waals surface area contributed by atoms with Crippen LogP contribution in [0.1, 0.15) is 37.2 Å². The van der Waals surface area contributed by atoms with Gasteiger partial charge in [0.25, 0.3) is 5.91 Å². The van der Waals surface area contributed by atoms with E-state index in [4.69, 9.17) is 0 Å². The highest BCUT2D eigenvalue weighted by Crippen LogP contribution is 2.03. The van der Waals surface area contributed by atoms with Crippen molar-refractivity contribution in [2.24, 2.45) is 5.92 Å². The molecule has 1 heterocycles. The molecule has 18 heavy (non-hydrogen) atoms. The summed E-state index contributed by atoms with van der Waals surface area (Å²) in [6.07, 6.45) is 3.25. The first-order valence-electron chi connectivity index (χ1n) is 5.66. The maximum atomic E-state index is 11.5. The van der Waals surface area contributed by atoms with E-state index in [-0.39, 0.29) is 29.9 Å². The fraction of sp³-hybridized carbons (Fsp3) is 0.417. The standard InChI is InChI=1S/C12H17N3O2.ClH/c1-3-6-9(2)11(16)14-15-12(17)10-7-4-5-8-13-10;/h4-5,7-9H,3,6H2,1-2H3,(H,14,16)(H,15,17);1H. The van der Waals surface area contributed by atoms with E-state index < -0.39 is 5.91 Å². The van der Waals surface area contributed by atoms with Crippen molar-refractivity contribution in [1.29, 1.82) is 0 Å². The zero-order valence-corrected chi connectivity index (χ0v) is 11.3. The molecule has 1 atom stereocenters. The monoisotopic (exact) mass is 271 g/mol. The molecule has 1 aromatic heterocycles. The number of hydrazine groups is 1. The Balaban J connectivity index is 0.00000289. The van der Waals surface area contributed by atoms with Crippen LogP contribution in [0.25, 0.3) is 0 Å². The Morgan fingerprint density at radius 3 is 2.61 bits per heavy atom. The number of aromatic nitrogens is 1. The van der Waals surface area contributed by atoms with Gasteiger partial charge in [-0.1, -0.05) is 26.3 Å². The molecule has 0 aliphatic rings. The van der Waals surface area contributed by atoms with Gasteiger partial charge in [0.05, 0.1) is 0 Å². The SMILES string of the molecule is CCCC(C)C(=O)NNC(=O)c1ccccn1.Cl. The summed E-state index contributed by atoms with van der Waals surface area (Å²) in [7, 11) is 0. The molecule has 5 nitrogen and oxygen atoms in total. The molecule has 0 saturated carbocycles. The van der Waals surface area contributed by atoms with Gasteiger partial charge in [0, 0.05) is 12.1 Å². The molecule has 0 spiro atoms. The van der Waals surface area contributed by atoms with Gasteiger partial charge >= 0.3 is 0 Å². The van der Waals surface area contributed by atoms with Crippen LogP contribution in [0.2, 0.25) is 0 Å². The third-order valence-electron chi connectivity index (χ3n) is 2.37.